The van der Waals surface area contributed by atoms with E-state index in [1.165, 1.54) is 29.2 Å². The lowest BCUT2D eigenvalue weighted by molar-refractivity contribution is -0.274. The predicted octanol–water partition coefficient (Wildman–Crippen LogP) is 2.21. The van der Waals surface area contributed by atoms with Gasteiger partial charge in [0.15, 0.2) is 5.84 Å². The highest BCUT2D eigenvalue weighted by Gasteiger charge is 2.30. The second-order valence-corrected chi connectivity index (χ2v) is 6.11. The van der Waals surface area contributed by atoms with Gasteiger partial charge in [0.1, 0.15) is 12.3 Å². The van der Waals surface area contributed by atoms with Crippen LogP contribution in [0.25, 0.3) is 0 Å². The number of para-hydroxylation sites is 1. The van der Waals surface area contributed by atoms with E-state index in [0.717, 1.165) is 5.12 Å². The van der Waals surface area contributed by atoms with Crippen molar-refractivity contribution < 1.29 is 22.7 Å². The summed E-state index contributed by atoms with van der Waals surface area (Å²) in [6.07, 6.45) is -4.76. The third kappa shape index (κ3) is 6.88. The normalized spacial score (nSPS) is 11.7. The average Bonchev–Trinajstić information content (AvgIpc) is 2.62. The predicted molar refractivity (Wildman–Crippen MR) is 103 cm³/mol. The molecule has 0 atom stereocenters. The second kappa shape index (κ2) is 9.15. The van der Waals surface area contributed by atoms with Gasteiger partial charge in [0.05, 0.1) is 0 Å². The number of nitrogens with zero attached hydrogens (tertiary/aromatic N) is 3. The molecule has 2 aromatic carbocycles. The third-order valence-electron chi connectivity index (χ3n) is 3.60. The first-order chi connectivity index (χ1) is 13.5. The van der Waals surface area contributed by atoms with E-state index in [1.807, 2.05) is 0 Å². The van der Waals surface area contributed by atoms with E-state index in [9.17, 15) is 18.0 Å². The topological polar surface area (TPSA) is 109 Å². The Hall–Kier alpha value is -3.47. The molecule has 0 heterocycles. The van der Waals surface area contributed by atoms with Crippen molar-refractivity contribution in [3.63, 3.8) is 0 Å². The number of nitrogens with two attached hydrogens (primary N) is 2. The SMILES string of the molecule is CN(C)C(=O)CN(N)/N=C(\N)c1ccccc1Nc1ccc(OC(F)(F)F)cc1. The summed E-state index contributed by atoms with van der Waals surface area (Å²) in [5, 5.41) is 7.97. The minimum atomic E-state index is -4.76. The van der Waals surface area contributed by atoms with Crippen LogP contribution in [-0.2, 0) is 4.79 Å². The van der Waals surface area contributed by atoms with E-state index >= 15 is 0 Å². The summed E-state index contributed by atoms with van der Waals surface area (Å²) in [5.74, 6) is 5.18. The molecule has 11 heteroatoms. The number of amides is 1. The number of hydrazine groups is 1. The number of carbonyl (C=O) groups excluding carboxylic acids is 1. The van der Waals surface area contributed by atoms with Gasteiger partial charge in [-0.25, -0.2) is 11.0 Å². The molecular weight excluding hydrogens is 389 g/mol. The van der Waals surface area contributed by atoms with Crippen LogP contribution in [0.2, 0.25) is 0 Å². The molecule has 0 unspecified atom stereocenters. The van der Waals surface area contributed by atoms with Crippen molar-refractivity contribution in [3.8, 4) is 5.75 Å². The number of nitrogens with one attached hydrogen (secondary N) is 1. The van der Waals surface area contributed by atoms with Crippen LogP contribution >= 0.6 is 0 Å². The number of amidine groups is 1. The van der Waals surface area contributed by atoms with Crippen molar-refractivity contribution >= 4 is 23.1 Å². The maximum atomic E-state index is 12.3. The maximum Gasteiger partial charge on any atom is 0.573 e. The molecule has 0 aliphatic carbocycles. The summed E-state index contributed by atoms with van der Waals surface area (Å²) in [7, 11) is 3.18. The molecule has 0 saturated heterocycles. The fourth-order valence-corrected chi connectivity index (χ4v) is 2.22. The highest BCUT2D eigenvalue weighted by atomic mass is 19.4. The average molecular weight is 410 g/mol. The molecular formula is C18H21F3N6O2. The Morgan fingerprint density at radius 2 is 1.76 bits per heavy atom. The number of likely N-dealkylation sites (N-methyl/N-ethyl adjacent to an activating group) is 1. The highest BCUT2D eigenvalue weighted by Crippen LogP contribution is 2.26. The van der Waals surface area contributed by atoms with Crippen molar-refractivity contribution in [1.82, 2.24) is 10.0 Å². The van der Waals surface area contributed by atoms with E-state index in [2.05, 4.69) is 15.2 Å². The van der Waals surface area contributed by atoms with Crippen molar-refractivity contribution in [2.45, 2.75) is 6.36 Å². The molecule has 0 aliphatic rings. The number of ether oxygens (including phenoxy) is 1. The zero-order valence-electron chi connectivity index (χ0n) is 15.8. The van der Waals surface area contributed by atoms with Crippen LogP contribution < -0.4 is 21.6 Å². The lowest BCUT2D eigenvalue weighted by atomic mass is 10.1. The summed E-state index contributed by atoms with van der Waals surface area (Å²) in [4.78, 5) is 13.1. The van der Waals surface area contributed by atoms with Gasteiger partial charge >= 0.3 is 6.36 Å². The Bertz CT molecular complexity index is 869. The smallest absolute Gasteiger partial charge is 0.406 e. The number of carbonyl (C=O) groups is 1. The fourth-order valence-electron chi connectivity index (χ4n) is 2.22. The summed E-state index contributed by atoms with van der Waals surface area (Å²) in [6.45, 7) is -0.163. The summed E-state index contributed by atoms with van der Waals surface area (Å²) < 4.78 is 40.6. The molecule has 156 valence electrons. The summed E-state index contributed by atoms with van der Waals surface area (Å²) >= 11 is 0. The quantitative estimate of drug-likeness (QED) is 0.280. The number of anilines is 2. The Labute approximate surface area is 165 Å². The van der Waals surface area contributed by atoms with Crippen molar-refractivity contribution in [1.29, 1.82) is 0 Å². The standard InChI is InChI=1S/C18H21F3N6O2/c1-26(2)16(28)11-27(23)25-17(22)14-5-3-4-6-15(14)24-12-7-9-13(10-8-12)29-18(19,20)21/h3-10,24H,11,23H2,1-2H3,(H2,22,25). The van der Waals surface area contributed by atoms with E-state index in [0.29, 0.717) is 16.9 Å². The first kappa shape index (κ1) is 21.8. The molecule has 2 aromatic rings. The van der Waals surface area contributed by atoms with Crippen molar-refractivity contribution in [2.24, 2.45) is 16.7 Å². The Morgan fingerprint density at radius 3 is 2.34 bits per heavy atom. The third-order valence-corrected chi connectivity index (χ3v) is 3.60. The molecule has 1 amide bonds. The molecule has 0 spiro atoms. The zero-order chi connectivity index (χ0) is 21.6. The first-order valence-corrected chi connectivity index (χ1v) is 8.34. The fraction of sp³-hybridized carbons (Fsp3) is 0.222. The minimum Gasteiger partial charge on any atom is -0.406 e. The maximum absolute atomic E-state index is 12.3. The van der Waals surface area contributed by atoms with E-state index in [1.54, 1.807) is 38.4 Å². The van der Waals surface area contributed by atoms with Gasteiger partial charge in [-0.2, -0.15) is 0 Å². The lowest BCUT2D eigenvalue weighted by Crippen LogP contribution is -2.39. The lowest BCUT2D eigenvalue weighted by Gasteiger charge is -2.17. The molecule has 2 rings (SSSR count). The van der Waals surface area contributed by atoms with Gasteiger partial charge in [0.25, 0.3) is 0 Å². The van der Waals surface area contributed by atoms with Crippen LogP contribution in [0.1, 0.15) is 5.56 Å². The molecule has 29 heavy (non-hydrogen) atoms. The number of halogens is 3. The Morgan fingerprint density at radius 1 is 1.14 bits per heavy atom. The number of hydrogen-bond donors (Lipinski definition) is 3. The highest BCUT2D eigenvalue weighted by molar-refractivity contribution is 6.02. The molecule has 0 radical (unpaired) electrons. The van der Waals surface area contributed by atoms with Crippen LogP contribution in [0.5, 0.6) is 5.75 Å². The van der Waals surface area contributed by atoms with E-state index in [4.69, 9.17) is 11.6 Å². The van der Waals surface area contributed by atoms with Crippen LogP contribution in [0, 0.1) is 0 Å². The molecule has 0 aromatic heterocycles. The number of alkyl halides is 3. The molecule has 5 N–H and O–H groups in total. The van der Waals surface area contributed by atoms with Crippen molar-refractivity contribution in [3.05, 3.63) is 54.1 Å². The van der Waals surface area contributed by atoms with Crippen LogP contribution in [-0.4, -0.2) is 48.8 Å². The van der Waals surface area contributed by atoms with Crippen LogP contribution in [0.3, 0.4) is 0 Å². The van der Waals surface area contributed by atoms with Gasteiger partial charge in [0, 0.05) is 31.0 Å². The Kier molecular flexibility index (Phi) is 6.89. The van der Waals surface area contributed by atoms with Crippen LogP contribution in [0.15, 0.2) is 53.6 Å². The number of benzene rings is 2. The number of hydrogen-bond acceptors (Lipinski definition) is 6. The first-order valence-electron chi connectivity index (χ1n) is 8.34. The second-order valence-electron chi connectivity index (χ2n) is 6.11. The van der Waals surface area contributed by atoms with Crippen LogP contribution in [0.4, 0.5) is 24.5 Å². The molecule has 0 bridgehead atoms. The molecule has 8 nitrogen and oxygen atoms in total. The van der Waals surface area contributed by atoms with Gasteiger partial charge in [0.2, 0.25) is 5.91 Å². The Balaban J connectivity index is 2.16. The molecule has 0 saturated carbocycles. The minimum absolute atomic E-state index is 0.0548. The number of hydrazone groups is 1. The summed E-state index contributed by atoms with van der Waals surface area (Å²) in [5.41, 5.74) is 7.56. The van der Waals surface area contributed by atoms with Gasteiger partial charge in [-0.05, 0) is 36.4 Å². The molecule has 0 fully saturated rings. The monoisotopic (exact) mass is 410 g/mol. The van der Waals surface area contributed by atoms with Gasteiger partial charge in [-0.3, -0.25) is 4.79 Å². The molecule has 0 aliphatic heterocycles. The van der Waals surface area contributed by atoms with Gasteiger partial charge < -0.3 is 20.7 Å². The van der Waals surface area contributed by atoms with E-state index < -0.39 is 6.36 Å². The van der Waals surface area contributed by atoms with E-state index in [-0.39, 0.29) is 24.0 Å². The number of rotatable bonds is 7. The van der Waals surface area contributed by atoms with Gasteiger partial charge in [-0.1, -0.05) is 12.1 Å². The zero-order valence-corrected chi connectivity index (χ0v) is 15.8. The van der Waals surface area contributed by atoms with Crippen molar-refractivity contribution in [2.75, 3.05) is 26.0 Å². The van der Waals surface area contributed by atoms with Gasteiger partial charge in [-0.15, -0.1) is 18.3 Å². The largest absolute Gasteiger partial charge is 0.573 e. The summed E-state index contributed by atoms with van der Waals surface area (Å²) in [6, 6.07) is 12.1.